The molecule has 3 nitrogen and oxygen atoms in total. The lowest BCUT2D eigenvalue weighted by Crippen LogP contribution is -2.08. The van der Waals surface area contributed by atoms with Crippen LogP contribution in [0.5, 0.6) is 0 Å². The van der Waals surface area contributed by atoms with Crippen molar-refractivity contribution >= 4 is 22.6 Å². The van der Waals surface area contributed by atoms with Crippen LogP contribution < -0.4 is 5.32 Å². The number of hydrogen-bond donors (Lipinski definition) is 1. The predicted octanol–water partition coefficient (Wildman–Crippen LogP) is 1.95. The summed E-state index contributed by atoms with van der Waals surface area (Å²) in [6.45, 7) is 0.838. The fourth-order valence-electron chi connectivity index (χ4n) is 1.58. The Bertz CT molecular complexity index is 462. The molecular formula is C10H12ClN3. The van der Waals surface area contributed by atoms with Crippen molar-refractivity contribution in [3.05, 3.63) is 29.0 Å². The zero-order valence-corrected chi connectivity index (χ0v) is 8.97. The van der Waals surface area contributed by atoms with Crippen LogP contribution >= 0.6 is 11.6 Å². The molecule has 14 heavy (non-hydrogen) atoms. The van der Waals surface area contributed by atoms with E-state index in [-0.39, 0.29) is 0 Å². The van der Waals surface area contributed by atoms with Crippen molar-refractivity contribution in [3.8, 4) is 0 Å². The average molecular weight is 210 g/mol. The molecule has 0 aromatic carbocycles. The van der Waals surface area contributed by atoms with E-state index >= 15 is 0 Å². The first kappa shape index (κ1) is 9.49. The summed E-state index contributed by atoms with van der Waals surface area (Å²) in [5.74, 6) is 0. The topological polar surface area (TPSA) is 29.9 Å². The van der Waals surface area contributed by atoms with Crippen LogP contribution in [0, 0.1) is 0 Å². The lowest BCUT2D eigenvalue weighted by Gasteiger charge is -2.02. The second kappa shape index (κ2) is 3.59. The van der Waals surface area contributed by atoms with Gasteiger partial charge in [-0.3, -0.25) is 4.98 Å². The maximum absolute atomic E-state index is 5.89. The minimum absolute atomic E-state index is 0.676. The molecule has 0 fully saturated rings. The molecule has 2 heterocycles. The van der Waals surface area contributed by atoms with Gasteiger partial charge in [-0.2, -0.15) is 0 Å². The maximum Gasteiger partial charge on any atom is 0.0885 e. The molecule has 0 saturated carbocycles. The van der Waals surface area contributed by atoms with Crippen molar-refractivity contribution in [2.45, 2.75) is 6.54 Å². The minimum Gasteiger partial charge on any atom is -0.345 e. The van der Waals surface area contributed by atoms with Gasteiger partial charge in [-0.15, -0.1) is 0 Å². The van der Waals surface area contributed by atoms with Crippen LogP contribution in [0.1, 0.15) is 5.69 Å². The van der Waals surface area contributed by atoms with Gasteiger partial charge in [-0.25, -0.2) is 0 Å². The first-order chi connectivity index (χ1) is 6.72. The Morgan fingerprint density at radius 2 is 2.29 bits per heavy atom. The molecule has 2 aromatic heterocycles. The fourth-order valence-corrected chi connectivity index (χ4v) is 1.73. The minimum atomic E-state index is 0.676. The molecule has 1 N–H and O–H groups in total. The molecule has 0 saturated heterocycles. The molecule has 0 aliphatic carbocycles. The highest BCUT2D eigenvalue weighted by Crippen LogP contribution is 2.19. The number of halogens is 1. The molecule has 0 aliphatic rings. The normalized spacial score (nSPS) is 11.1. The summed E-state index contributed by atoms with van der Waals surface area (Å²) in [5.41, 5.74) is 3.27. The monoisotopic (exact) mass is 209 g/mol. The van der Waals surface area contributed by atoms with E-state index < -0.39 is 0 Å². The largest absolute Gasteiger partial charge is 0.345 e. The van der Waals surface area contributed by atoms with E-state index in [1.54, 1.807) is 6.20 Å². The zero-order chi connectivity index (χ0) is 10.1. The summed E-state index contributed by atoms with van der Waals surface area (Å²) in [5, 5.41) is 3.79. The van der Waals surface area contributed by atoms with E-state index in [2.05, 4.69) is 20.9 Å². The molecule has 0 atom stereocenters. The van der Waals surface area contributed by atoms with Gasteiger partial charge >= 0.3 is 0 Å². The number of pyridine rings is 1. The first-order valence-electron chi connectivity index (χ1n) is 4.47. The number of aromatic nitrogens is 2. The van der Waals surface area contributed by atoms with E-state index in [0.29, 0.717) is 5.02 Å². The van der Waals surface area contributed by atoms with Gasteiger partial charge in [0.2, 0.25) is 0 Å². The molecule has 0 unspecified atom stereocenters. The van der Waals surface area contributed by atoms with Crippen LogP contribution in [0.2, 0.25) is 5.02 Å². The van der Waals surface area contributed by atoms with Crippen molar-refractivity contribution in [2.24, 2.45) is 7.05 Å². The smallest absolute Gasteiger partial charge is 0.0885 e. The van der Waals surface area contributed by atoms with Crippen molar-refractivity contribution in [1.29, 1.82) is 0 Å². The quantitative estimate of drug-likeness (QED) is 0.820. The maximum atomic E-state index is 5.89. The van der Waals surface area contributed by atoms with Crippen LogP contribution in [0.4, 0.5) is 0 Å². The van der Waals surface area contributed by atoms with Crippen LogP contribution in [-0.2, 0) is 13.6 Å². The SMILES string of the molecule is CNCc1cc2ncc(Cl)cc2n1C. The summed E-state index contributed by atoms with van der Waals surface area (Å²) in [6.07, 6.45) is 1.67. The van der Waals surface area contributed by atoms with Gasteiger partial charge in [0.05, 0.1) is 16.1 Å². The third-order valence-electron chi connectivity index (χ3n) is 2.32. The highest BCUT2D eigenvalue weighted by Gasteiger charge is 2.05. The molecule has 0 bridgehead atoms. The number of fused-ring (bicyclic) bond motifs is 1. The van der Waals surface area contributed by atoms with Crippen molar-refractivity contribution in [1.82, 2.24) is 14.9 Å². The van der Waals surface area contributed by atoms with Crippen LogP contribution in [0.3, 0.4) is 0 Å². The molecule has 74 valence electrons. The Hall–Kier alpha value is -1.06. The Morgan fingerprint density at radius 1 is 1.50 bits per heavy atom. The fraction of sp³-hybridized carbons (Fsp3) is 0.300. The van der Waals surface area contributed by atoms with Gasteiger partial charge < -0.3 is 9.88 Å². The van der Waals surface area contributed by atoms with E-state index in [1.165, 1.54) is 5.69 Å². The third-order valence-corrected chi connectivity index (χ3v) is 2.52. The van der Waals surface area contributed by atoms with E-state index in [1.807, 2.05) is 20.2 Å². The number of rotatable bonds is 2. The number of aryl methyl sites for hydroxylation is 1. The second-order valence-electron chi connectivity index (χ2n) is 3.28. The lowest BCUT2D eigenvalue weighted by molar-refractivity contribution is 0.745. The van der Waals surface area contributed by atoms with Gasteiger partial charge in [0, 0.05) is 25.5 Å². The van der Waals surface area contributed by atoms with Gasteiger partial charge in [-0.05, 0) is 19.2 Å². The third kappa shape index (κ3) is 1.49. The van der Waals surface area contributed by atoms with E-state index in [0.717, 1.165) is 17.6 Å². The molecule has 0 spiro atoms. The van der Waals surface area contributed by atoms with Gasteiger partial charge in [0.15, 0.2) is 0 Å². The van der Waals surface area contributed by atoms with Crippen molar-refractivity contribution in [2.75, 3.05) is 7.05 Å². The standard InChI is InChI=1S/C10H12ClN3/c1-12-6-8-4-9-10(14(8)2)3-7(11)5-13-9/h3-5,12H,6H2,1-2H3. The number of hydrogen-bond acceptors (Lipinski definition) is 2. The van der Waals surface area contributed by atoms with Gasteiger partial charge in [0.1, 0.15) is 0 Å². The summed E-state index contributed by atoms with van der Waals surface area (Å²) in [6, 6.07) is 4.01. The molecule has 0 amide bonds. The summed E-state index contributed by atoms with van der Waals surface area (Å²) < 4.78 is 2.10. The predicted molar refractivity (Wildman–Crippen MR) is 58.5 cm³/mol. The van der Waals surface area contributed by atoms with Gasteiger partial charge in [0.25, 0.3) is 0 Å². The molecular weight excluding hydrogens is 198 g/mol. The van der Waals surface area contributed by atoms with E-state index in [4.69, 9.17) is 11.6 Å². The first-order valence-corrected chi connectivity index (χ1v) is 4.84. The Balaban J connectivity index is 2.62. The summed E-state index contributed by atoms with van der Waals surface area (Å²) >= 11 is 5.89. The highest BCUT2D eigenvalue weighted by molar-refractivity contribution is 6.31. The second-order valence-corrected chi connectivity index (χ2v) is 3.72. The van der Waals surface area contributed by atoms with Crippen LogP contribution in [0.25, 0.3) is 11.0 Å². The molecule has 2 aromatic rings. The Labute approximate surface area is 87.7 Å². The van der Waals surface area contributed by atoms with Crippen molar-refractivity contribution in [3.63, 3.8) is 0 Å². The number of nitrogens with zero attached hydrogens (tertiary/aromatic N) is 2. The molecule has 0 radical (unpaired) electrons. The average Bonchev–Trinajstić information content (AvgIpc) is 2.46. The molecule has 4 heteroatoms. The highest BCUT2D eigenvalue weighted by atomic mass is 35.5. The summed E-state index contributed by atoms with van der Waals surface area (Å²) in [4.78, 5) is 4.26. The van der Waals surface area contributed by atoms with E-state index in [9.17, 15) is 0 Å². The molecule has 2 rings (SSSR count). The van der Waals surface area contributed by atoms with Crippen LogP contribution in [0.15, 0.2) is 18.3 Å². The Morgan fingerprint density at radius 3 is 3.00 bits per heavy atom. The zero-order valence-electron chi connectivity index (χ0n) is 8.21. The number of nitrogens with one attached hydrogen (secondary N) is 1. The summed E-state index contributed by atoms with van der Waals surface area (Å²) in [7, 11) is 3.95. The lowest BCUT2D eigenvalue weighted by atomic mass is 10.4. The Kier molecular flexibility index (Phi) is 2.44. The van der Waals surface area contributed by atoms with Crippen molar-refractivity contribution < 1.29 is 0 Å². The van der Waals surface area contributed by atoms with Crippen LogP contribution in [-0.4, -0.2) is 16.6 Å². The molecule has 0 aliphatic heterocycles. The van der Waals surface area contributed by atoms with Gasteiger partial charge in [-0.1, -0.05) is 11.6 Å².